The van der Waals surface area contributed by atoms with Crippen molar-refractivity contribution in [2.24, 2.45) is 0 Å². The molecular formula is C16H23N3O5S. The smallest absolute Gasteiger partial charge is 0.253 e. The molecule has 0 radical (unpaired) electrons. The van der Waals surface area contributed by atoms with Gasteiger partial charge in [-0.15, -0.1) is 0 Å². The lowest BCUT2D eigenvalue weighted by Gasteiger charge is -2.18. The molecule has 1 aliphatic rings. The summed E-state index contributed by atoms with van der Waals surface area (Å²) in [6.07, 6.45) is 2.18. The van der Waals surface area contributed by atoms with Crippen molar-refractivity contribution in [2.75, 3.05) is 38.3 Å². The molecule has 1 saturated heterocycles. The minimum Gasteiger partial charge on any atom is -0.368 e. The van der Waals surface area contributed by atoms with Crippen LogP contribution in [-0.4, -0.2) is 64.2 Å². The first-order chi connectivity index (χ1) is 11.8. The van der Waals surface area contributed by atoms with Crippen LogP contribution in [0.15, 0.2) is 24.3 Å². The van der Waals surface area contributed by atoms with Crippen LogP contribution in [0.2, 0.25) is 0 Å². The van der Waals surface area contributed by atoms with Gasteiger partial charge in [0.1, 0.15) is 6.10 Å². The molecule has 0 saturated carbocycles. The fourth-order valence-electron chi connectivity index (χ4n) is 2.46. The highest BCUT2D eigenvalue weighted by atomic mass is 32.2. The normalized spacial score (nSPS) is 17.3. The summed E-state index contributed by atoms with van der Waals surface area (Å²) < 4.78 is 29.8. The monoisotopic (exact) mass is 369 g/mol. The predicted molar refractivity (Wildman–Crippen MR) is 93.9 cm³/mol. The summed E-state index contributed by atoms with van der Waals surface area (Å²) in [7, 11) is -1.70. The van der Waals surface area contributed by atoms with Gasteiger partial charge in [-0.3, -0.25) is 9.59 Å². The van der Waals surface area contributed by atoms with Crippen LogP contribution in [0.3, 0.4) is 0 Å². The van der Waals surface area contributed by atoms with Gasteiger partial charge in [0.15, 0.2) is 0 Å². The van der Waals surface area contributed by atoms with Gasteiger partial charge >= 0.3 is 0 Å². The standard InChI is InChI=1S/C16H23N3O5S/c1-19(9-8-17-25(2,22)23)16(21)12-5-3-6-13(11-12)18-15(20)14-7-4-10-24-14/h3,5-6,11,14,17H,4,7-10H2,1-2H3,(H,18,20). The molecule has 1 aliphatic heterocycles. The number of hydrogen-bond donors (Lipinski definition) is 2. The van der Waals surface area contributed by atoms with E-state index in [-0.39, 0.29) is 24.9 Å². The Bertz CT molecular complexity index is 729. The van der Waals surface area contributed by atoms with Gasteiger partial charge in [0.05, 0.1) is 6.26 Å². The lowest BCUT2D eigenvalue weighted by atomic mass is 10.1. The molecule has 2 N–H and O–H groups in total. The van der Waals surface area contributed by atoms with Crippen LogP contribution in [0.5, 0.6) is 0 Å². The van der Waals surface area contributed by atoms with Crippen molar-refractivity contribution in [3.8, 4) is 0 Å². The van der Waals surface area contributed by atoms with E-state index in [0.29, 0.717) is 24.3 Å². The third-order valence-electron chi connectivity index (χ3n) is 3.76. The summed E-state index contributed by atoms with van der Waals surface area (Å²) >= 11 is 0. The Morgan fingerprint density at radius 3 is 2.76 bits per heavy atom. The van der Waals surface area contributed by atoms with Crippen LogP contribution < -0.4 is 10.0 Å². The largest absolute Gasteiger partial charge is 0.368 e. The van der Waals surface area contributed by atoms with Crippen LogP contribution in [-0.2, 0) is 19.6 Å². The Kier molecular flexibility index (Phi) is 6.51. The maximum absolute atomic E-state index is 12.4. The van der Waals surface area contributed by atoms with Crippen LogP contribution in [0.4, 0.5) is 5.69 Å². The molecule has 25 heavy (non-hydrogen) atoms. The minimum atomic E-state index is -3.29. The number of carbonyl (C=O) groups excluding carboxylic acids is 2. The summed E-state index contributed by atoms with van der Waals surface area (Å²) in [5, 5.41) is 2.75. The van der Waals surface area contributed by atoms with Crippen LogP contribution >= 0.6 is 0 Å². The van der Waals surface area contributed by atoms with Gasteiger partial charge in [-0.05, 0) is 31.0 Å². The lowest BCUT2D eigenvalue weighted by molar-refractivity contribution is -0.124. The zero-order valence-corrected chi connectivity index (χ0v) is 15.1. The number of rotatable bonds is 7. The Hall–Kier alpha value is -1.97. The van der Waals surface area contributed by atoms with E-state index < -0.39 is 16.1 Å². The van der Waals surface area contributed by atoms with Crippen LogP contribution in [0.25, 0.3) is 0 Å². The molecule has 0 aliphatic carbocycles. The zero-order chi connectivity index (χ0) is 18.4. The first-order valence-electron chi connectivity index (χ1n) is 7.99. The maximum atomic E-state index is 12.4. The molecule has 1 heterocycles. The summed E-state index contributed by atoms with van der Waals surface area (Å²) in [6, 6.07) is 6.62. The number of anilines is 1. The number of likely N-dealkylation sites (N-methyl/N-ethyl adjacent to an activating group) is 1. The number of hydrogen-bond acceptors (Lipinski definition) is 5. The average molecular weight is 369 g/mol. The topological polar surface area (TPSA) is 105 Å². The Morgan fingerprint density at radius 2 is 2.12 bits per heavy atom. The van der Waals surface area contributed by atoms with Crippen molar-refractivity contribution < 1.29 is 22.7 Å². The summed E-state index contributed by atoms with van der Waals surface area (Å²) in [5.74, 6) is -0.476. The van der Waals surface area contributed by atoms with Gasteiger partial charge in [0.25, 0.3) is 11.8 Å². The molecule has 0 bridgehead atoms. The lowest BCUT2D eigenvalue weighted by Crippen LogP contribution is -2.35. The predicted octanol–water partition coefficient (Wildman–Crippen LogP) is 0.425. The summed E-state index contributed by atoms with van der Waals surface area (Å²) in [5.41, 5.74) is 0.931. The van der Waals surface area contributed by atoms with Crippen molar-refractivity contribution in [3.63, 3.8) is 0 Å². The highest BCUT2D eigenvalue weighted by molar-refractivity contribution is 7.88. The van der Waals surface area contributed by atoms with Gasteiger partial charge in [0, 0.05) is 38.0 Å². The number of amides is 2. The fourth-order valence-corrected chi connectivity index (χ4v) is 2.92. The highest BCUT2D eigenvalue weighted by Gasteiger charge is 2.23. The Morgan fingerprint density at radius 1 is 1.36 bits per heavy atom. The van der Waals surface area contributed by atoms with Crippen molar-refractivity contribution in [3.05, 3.63) is 29.8 Å². The number of nitrogens with zero attached hydrogens (tertiary/aromatic N) is 1. The maximum Gasteiger partial charge on any atom is 0.253 e. The molecule has 1 fully saturated rings. The van der Waals surface area contributed by atoms with Gasteiger partial charge < -0.3 is 15.0 Å². The molecule has 1 unspecified atom stereocenters. The SMILES string of the molecule is CN(CCNS(C)(=O)=O)C(=O)c1cccc(NC(=O)C2CCCO2)c1. The van der Waals surface area contributed by atoms with E-state index >= 15 is 0 Å². The van der Waals surface area contributed by atoms with E-state index in [1.165, 1.54) is 4.90 Å². The third kappa shape index (κ3) is 6.11. The van der Waals surface area contributed by atoms with E-state index in [1.807, 2.05) is 0 Å². The fraction of sp³-hybridized carbons (Fsp3) is 0.500. The molecule has 1 atom stereocenters. The number of ether oxygens (including phenoxy) is 1. The second kappa shape index (κ2) is 8.41. The van der Waals surface area contributed by atoms with E-state index in [0.717, 1.165) is 12.7 Å². The van der Waals surface area contributed by atoms with Crippen LogP contribution in [0, 0.1) is 0 Å². The average Bonchev–Trinajstić information content (AvgIpc) is 3.07. The highest BCUT2D eigenvalue weighted by Crippen LogP contribution is 2.17. The Labute approximate surface area is 147 Å². The molecule has 138 valence electrons. The number of nitrogens with one attached hydrogen (secondary N) is 2. The van der Waals surface area contributed by atoms with Crippen molar-refractivity contribution in [2.45, 2.75) is 18.9 Å². The van der Waals surface area contributed by atoms with Gasteiger partial charge in [-0.25, -0.2) is 13.1 Å². The molecule has 1 aromatic rings. The molecule has 0 aromatic heterocycles. The van der Waals surface area contributed by atoms with Gasteiger partial charge in [-0.2, -0.15) is 0 Å². The Balaban J connectivity index is 1.94. The molecule has 2 amide bonds. The minimum absolute atomic E-state index is 0.135. The second-order valence-corrected chi connectivity index (χ2v) is 7.80. The number of benzene rings is 1. The molecule has 1 aromatic carbocycles. The van der Waals surface area contributed by atoms with E-state index in [1.54, 1.807) is 31.3 Å². The third-order valence-corrected chi connectivity index (χ3v) is 4.49. The van der Waals surface area contributed by atoms with E-state index in [2.05, 4.69) is 10.0 Å². The van der Waals surface area contributed by atoms with Gasteiger partial charge in [-0.1, -0.05) is 6.07 Å². The van der Waals surface area contributed by atoms with Crippen LogP contribution in [0.1, 0.15) is 23.2 Å². The van der Waals surface area contributed by atoms with Crippen molar-refractivity contribution >= 4 is 27.5 Å². The zero-order valence-electron chi connectivity index (χ0n) is 14.3. The summed E-state index contributed by atoms with van der Waals surface area (Å²) in [4.78, 5) is 25.9. The number of sulfonamides is 1. The van der Waals surface area contributed by atoms with Crippen molar-refractivity contribution in [1.29, 1.82) is 0 Å². The van der Waals surface area contributed by atoms with E-state index in [9.17, 15) is 18.0 Å². The van der Waals surface area contributed by atoms with Crippen molar-refractivity contribution in [1.82, 2.24) is 9.62 Å². The molecule has 9 heteroatoms. The quantitative estimate of drug-likeness (QED) is 0.725. The first-order valence-corrected chi connectivity index (χ1v) is 9.88. The second-order valence-electron chi connectivity index (χ2n) is 5.96. The van der Waals surface area contributed by atoms with Gasteiger partial charge in [0.2, 0.25) is 10.0 Å². The molecule has 8 nitrogen and oxygen atoms in total. The molecule has 0 spiro atoms. The summed E-state index contributed by atoms with van der Waals surface area (Å²) in [6.45, 7) is 0.956. The first kappa shape index (κ1) is 19.4. The molecular weight excluding hydrogens is 346 g/mol. The number of carbonyl (C=O) groups is 2. The van der Waals surface area contributed by atoms with E-state index in [4.69, 9.17) is 4.74 Å². The molecule has 2 rings (SSSR count).